The maximum absolute atomic E-state index is 13.9. The third-order valence-electron chi connectivity index (χ3n) is 20.0. The number of hydrogen-bond donors (Lipinski definition) is 6. The van der Waals surface area contributed by atoms with E-state index in [1.165, 1.54) is 25.7 Å². The Morgan fingerprint density at radius 3 is 1.42 bits per heavy atom. The molecule has 4 heterocycles. The standard InChI is InChI=1S/C62H78N4O15/c1-57(2,55(73)78-43-17-19-61(75)45-29-37-9-13-41(69)51-49(37)59(61,53(43)80-51)21-25-65(45)33-35-5-6-35)31-39(67)11-15-47(71)63-23-27-77-28-24-64-48(72)16-12-40(68)32-58(3,4)56(74)79-44-18-20-62(76)46-30-38-10-14-42(70)52-50(38)60(62,54(44)81-52)22-26-66(46)34-36-7-8-36/h9-10,13-14,17-18,35-36,45-46,53-54,69-70,75-76H,5-8,11-12,15-16,19-34H2,1-4H3,(H,63,71)(H,64,72)/t45-,46-,53+,54+,59+,60+,61-,62-/m1/s1. The number of esters is 2. The number of piperidine rings is 2. The maximum Gasteiger partial charge on any atom is 0.317 e. The van der Waals surface area contributed by atoms with E-state index < -0.39 is 57.0 Å². The quantitative estimate of drug-likeness (QED) is 0.0611. The molecule has 4 bridgehead atoms. The molecule has 0 unspecified atom stereocenters. The second kappa shape index (κ2) is 20.5. The van der Waals surface area contributed by atoms with Crippen LogP contribution in [0.25, 0.3) is 0 Å². The summed E-state index contributed by atoms with van der Waals surface area (Å²) < 4.78 is 30.7. The summed E-state index contributed by atoms with van der Waals surface area (Å²) in [4.78, 5) is 84.3. The summed E-state index contributed by atoms with van der Waals surface area (Å²) in [5.74, 6) is -0.153. The summed E-state index contributed by atoms with van der Waals surface area (Å²) in [6, 6.07) is 6.79. The Labute approximate surface area is 472 Å². The lowest BCUT2D eigenvalue weighted by molar-refractivity contribution is -0.176. The zero-order valence-electron chi connectivity index (χ0n) is 47.1. The van der Waals surface area contributed by atoms with Crippen molar-refractivity contribution in [3.05, 3.63) is 70.2 Å². The van der Waals surface area contributed by atoms with E-state index in [9.17, 15) is 49.2 Å². The Morgan fingerprint density at radius 1 is 0.617 bits per heavy atom. The minimum absolute atomic E-state index is 0.0209. The number of Topliss-reactive ketones (excluding diaryl/α,β-unsaturated/α-hetero) is 2. The number of phenolic OH excluding ortho intramolecular Hbond substituents is 2. The number of aliphatic hydroxyl groups is 2. The van der Waals surface area contributed by atoms with Gasteiger partial charge in [0, 0.05) is 101 Å². The Hall–Kier alpha value is -5.86. The number of phenols is 2. The van der Waals surface area contributed by atoms with Gasteiger partial charge in [-0.15, -0.1) is 0 Å². The molecule has 81 heavy (non-hydrogen) atoms. The van der Waals surface area contributed by atoms with Crippen molar-refractivity contribution in [3.8, 4) is 23.0 Å². The number of likely N-dealkylation sites (tertiary alicyclic amines) is 2. The van der Waals surface area contributed by atoms with Crippen LogP contribution in [0, 0.1) is 22.7 Å². The Kier molecular flexibility index (Phi) is 14.1. The molecule has 2 aromatic rings. The average molecular weight is 1120 g/mol. The topological polar surface area (TPSA) is 260 Å². The molecule has 2 saturated carbocycles. The monoisotopic (exact) mass is 1120 g/mol. The van der Waals surface area contributed by atoms with E-state index in [1.54, 1.807) is 52.0 Å². The number of nitrogens with one attached hydrogen (secondary N) is 2. The molecule has 4 aliphatic heterocycles. The Bertz CT molecular complexity index is 2820. The first-order chi connectivity index (χ1) is 38.6. The van der Waals surface area contributed by atoms with E-state index >= 15 is 0 Å². The van der Waals surface area contributed by atoms with Crippen LogP contribution in [0.3, 0.4) is 0 Å². The van der Waals surface area contributed by atoms with Gasteiger partial charge in [-0.05, 0) is 139 Å². The molecule has 12 rings (SSSR count). The van der Waals surface area contributed by atoms with Gasteiger partial charge in [0.05, 0.1) is 46.1 Å². The average Bonchev–Trinajstić information content (AvgIpc) is 1.98. The first-order valence-electron chi connectivity index (χ1n) is 29.5. The van der Waals surface area contributed by atoms with E-state index in [1.807, 2.05) is 12.1 Å². The summed E-state index contributed by atoms with van der Waals surface area (Å²) in [6.45, 7) is 10.5. The van der Waals surface area contributed by atoms with Gasteiger partial charge < -0.3 is 54.7 Å². The highest BCUT2D eigenvalue weighted by Crippen LogP contribution is 2.67. The first-order valence-corrected chi connectivity index (χ1v) is 29.5. The summed E-state index contributed by atoms with van der Waals surface area (Å²) >= 11 is 0. The van der Waals surface area contributed by atoms with Crippen LogP contribution in [0.1, 0.15) is 140 Å². The molecule has 0 radical (unpaired) electrons. The fourth-order valence-corrected chi connectivity index (χ4v) is 15.4. The van der Waals surface area contributed by atoms with Crippen LogP contribution in [0.15, 0.2) is 47.9 Å². The number of nitrogens with zero attached hydrogens (tertiary/aromatic N) is 2. The first kappa shape index (κ1) is 55.7. The molecule has 2 aromatic carbocycles. The van der Waals surface area contributed by atoms with Crippen molar-refractivity contribution in [2.24, 2.45) is 22.7 Å². The summed E-state index contributed by atoms with van der Waals surface area (Å²) in [7, 11) is 0. The number of carbonyl (C=O) groups is 6. The van der Waals surface area contributed by atoms with E-state index in [0.29, 0.717) is 49.0 Å². The molecule has 19 nitrogen and oxygen atoms in total. The molecular formula is C62H78N4O15. The zero-order chi connectivity index (χ0) is 57.0. The number of hydrogen-bond acceptors (Lipinski definition) is 17. The zero-order valence-corrected chi connectivity index (χ0v) is 47.1. The van der Waals surface area contributed by atoms with Gasteiger partial charge in [-0.25, -0.2) is 0 Å². The van der Waals surface area contributed by atoms with Crippen LogP contribution >= 0.6 is 0 Å². The van der Waals surface area contributed by atoms with Crippen molar-refractivity contribution in [2.45, 2.75) is 177 Å². The maximum atomic E-state index is 13.9. The molecular weight excluding hydrogens is 1040 g/mol. The Morgan fingerprint density at radius 2 is 1.02 bits per heavy atom. The number of amides is 2. The van der Waals surface area contributed by atoms with Crippen LogP contribution in [0.4, 0.5) is 0 Å². The van der Waals surface area contributed by atoms with Crippen LogP contribution in [-0.2, 0) is 66.6 Å². The summed E-state index contributed by atoms with van der Waals surface area (Å²) in [5.41, 5.74) is -3.06. The van der Waals surface area contributed by atoms with Crippen LogP contribution in [-0.4, -0.2) is 154 Å². The largest absolute Gasteiger partial charge is 0.504 e. The van der Waals surface area contributed by atoms with Gasteiger partial charge in [0.15, 0.2) is 35.2 Å². The second-order valence-corrected chi connectivity index (χ2v) is 26.4. The fraction of sp³-hybridized carbons (Fsp3) is 0.645. The molecule has 436 valence electrons. The third-order valence-corrected chi connectivity index (χ3v) is 20.0. The van der Waals surface area contributed by atoms with Crippen LogP contribution in [0.5, 0.6) is 23.0 Å². The number of aromatic hydroxyl groups is 2. The van der Waals surface area contributed by atoms with Gasteiger partial charge in [-0.3, -0.25) is 38.6 Å². The molecule has 10 aliphatic rings. The highest BCUT2D eigenvalue weighted by molar-refractivity contribution is 5.90. The van der Waals surface area contributed by atoms with Gasteiger partial charge >= 0.3 is 11.9 Å². The lowest BCUT2D eigenvalue weighted by Crippen LogP contribution is -2.75. The molecule has 8 atom stereocenters. The van der Waals surface area contributed by atoms with E-state index in [0.717, 1.165) is 48.4 Å². The normalized spacial score (nSPS) is 30.1. The smallest absolute Gasteiger partial charge is 0.317 e. The van der Waals surface area contributed by atoms with Crippen molar-refractivity contribution in [1.29, 1.82) is 0 Å². The van der Waals surface area contributed by atoms with Crippen LogP contribution < -0.4 is 20.1 Å². The van der Waals surface area contributed by atoms with Crippen molar-refractivity contribution < 1.29 is 72.9 Å². The number of rotatable bonds is 24. The predicted molar refractivity (Wildman–Crippen MR) is 291 cm³/mol. The fourth-order valence-electron chi connectivity index (χ4n) is 15.4. The predicted octanol–water partition coefficient (Wildman–Crippen LogP) is 4.78. The summed E-state index contributed by atoms with van der Waals surface area (Å²) in [6.07, 6.45) is 8.78. The lowest BCUT2D eigenvalue weighted by Gasteiger charge is -2.62. The van der Waals surface area contributed by atoms with Crippen molar-refractivity contribution >= 4 is 35.3 Å². The number of ketones is 2. The van der Waals surface area contributed by atoms with Crippen LogP contribution in [0.2, 0.25) is 0 Å². The molecule has 6 aliphatic carbocycles. The van der Waals surface area contributed by atoms with E-state index in [-0.39, 0.29) is 136 Å². The molecule has 2 amide bonds. The Balaban J connectivity index is 0.541. The molecule has 4 fully saturated rings. The van der Waals surface area contributed by atoms with Crippen molar-refractivity contribution in [3.63, 3.8) is 0 Å². The van der Waals surface area contributed by atoms with Gasteiger partial charge in [0.2, 0.25) is 11.8 Å². The summed E-state index contributed by atoms with van der Waals surface area (Å²) in [5, 5.41) is 52.8. The third kappa shape index (κ3) is 9.44. The van der Waals surface area contributed by atoms with Crippen molar-refractivity contribution in [1.82, 2.24) is 20.4 Å². The number of ether oxygens (including phenoxy) is 5. The second-order valence-electron chi connectivity index (χ2n) is 26.4. The molecule has 6 N–H and O–H groups in total. The van der Waals surface area contributed by atoms with Gasteiger partial charge in [-0.1, -0.05) is 12.1 Å². The SMILES string of the molecule is CC(C)(CC(=O)CCC(=O)NCCOCCNC(=O)CCC(=O)CC(C)(C)C(=O)OC1=CC[C@@]2(O)[C@H]3Cc4ccc(O)c5c4[C@@]2(CCN3CC2CC2)[C@H]1O5)C(=O)OC1=CC[C@@]2(O)[C@H]3Cc4ccc(O)c5c4[C@@]2(CCN3CC2CC2)[C@H]1O5. The highest BCUT2D eigenvalue weighted by atomic mass is 16.6. The number of carbonyl (C=O) groups excluding carboxylic acids is 6. The van der Waals surface area contributed by atoms with Gasteiger partial charge in [0.1, 0.15) is 23.1 Å². The minimum Gasteiger partial charge on any atom is -0.504 e. The van der Waals surface area contributed by atoms with E-state index in [2.05, 4.69) is 20.4 Å². The van der Waals surface area contributed by atoms with Gasteiger partial charge in [0.25, 0.3) is 0 Å². The molecule has 2 saturated heterocycles. The molecule has 2 spiro atoms. The molecule has 0 aromatic heterocycles. The van der Waals surface area contributed by atoms with Gasteiger partial charge in [-0.2, -0.15) is 0 Å². The minimum atomic E-state index is -1.25. The van der Waals surface area contributed by atoms with E-state index in [4.69, 9.17) is 23.7 Å². The lowest BCUT2D eigenvalue weighted by atomic mass is 9.50. The highest BCUT2D eigenvalue weighted by Gasteiger charge is 2.74. The number of benzene rings is 2. The van der Waals surface area contributed by atoms with Crippen molar-refractivity contribution in [2.75, 3.05) is 52.5 Å². The molecule has 19 heteroatoms.